The van der Waals surface area contributed by atoms with E-state index in [2.05, 4.69) is 5.32 Å². The van der Waals surface area contributed by atoms with Gasteiger partial charge in [-0.1, -0.05) is 0 Å². The number of benzene rings is 1. The van der Waals surface area contributed by atoms with Crippen molar-refractivity contribution in [2.75, 3.05) is 13.7 Å². The van der Waals surface area contributed by atoms with Crippen LogP contribution in [0.15, 0.2) is 18.2 Å². The number of hydrogen-bond donors (Lipinski definition) is 2. The summed E-state index contributed by atoms with van der Waals surface area (Å²) in [5, 5.41) is 11.7. The van der Waals surface area contributed by atoms with Crippen molar-refractivity contribution >= 4 is 5.97 Å². The molecule has 1 rings (SSSR count). The normalized spacial score (nSPS) is 14.0. The monoisotopic (exact) mass is 259 g/mol. The Labute approximate surface area is 104 Å². The number of carboxylic acid groups (broad SMARTS) is 1. The highest BCUT2D eigenvalue weighted by atomic mass is 19.2. The fourth-order valence-electron chi connectivity index (χ4n) is 1.28. The maximum atomic E-state index is 12.9. The van der Waals surface area contributed by atoms with Gasteiger partial charge in [-0.15, -0.1) is 0 Å². The van der Waals surface area contributed by atoms with Crippen LogP contribution in [0, 0.1) is 11.6 Å². The van der Waals surface area contributed by atoms with Crippen molar-refractivity contribution in [3.63, 3.8) is 0 Å². The van der Waals surface area contributed by atoms with E-state index in [0.717, 1.165) is 12.1 Å². The fraction of sp³-hybridized carbons (Fsp3) is 0.417. The minimum atomic E-state index is -1.11. The molecule has 100 valence electrons. The van der Waals surface area contributed by atoms with Crippen LogP contribution in [0.5, 0.6) is 5.75 Å². The lowest BCUT2D eigenvalue weighted by Gasteiger charge is -2.23. The number of aliphatic carboxylic acids is 1. The average molecular weight is 259 g/mol. The van der Waals surface area contributed by atoms with Crippen LogP contribution in [0.3, 0.4) is 0 Å². The van der Waals surface area contributed by atoms with Gasteiger partial charge in [0, 0.05) is 12.5 Å². The van der Waals surface area contributed by atoms with Crippen molar-refractivity contribution in [2.45, 2.75) is 18.9 Å². The maximum absolute atomic E-state index is 12.9. The highest BCUT2D eigenvalue weighted by Crippen LogP contribution is 2.17. The van der Waals surface area contributed by atoms with Gasteiger partial charge in [0.25, 0.3) is 0 Å². The minimum absolute atomic E-state index is 0.0781. The molecule has 0 aliphatic rings. The van der Waals surface area contributed by atoms with Gasteiger partial charge in [-0.3, -0.25) is 4.79 Å². The molecule has 1 unspecified atom stereocenters. The lowest BCUT2D eigenvalue weighted by Crippen LogP contribution is -2.48. The molecule has 0 aliphatic carbocycles. The van der Waals surface area contributed by atoms with E-state index in [0.29, 0.717) is 0 Å². The zero-order valence-electron chi connectivity index (χ0n) is 10.2. The van der Waals surface area contributed by atoms with E-state index < -0.39 is 23.1 Å². The second-order valence-corrected chi connectivity index (χ2v) is 4.06. The van der Waals surface area contributed by atoms with Crippen LogP contribution in [0.2, 0.25) is 0 Å². The van der Waals surface area contributed by atoms with Crippen LogP contribution in [0.1, 0.15) is 13.3 Å². The van der Waals surface area contributed by atoms with Crippen LogP contribution < -0.4 is 10.1 Å². The van der Waals surface area contributed by atoms with E-state index >= 15 is 0 Å². The molecule has 18 heavy (non-hydrogen) atoms. The van der Waals surface area contributed by atoms with Crippen molar-refractivity contribution in [3.8, 4) is 5.75 Å². The molecule has 1 aromatic carbocycles. The average Bonchev–Trinajstić information content (AvgIpc) is 2.33. The summed E-state index contributed by atoms with van der Waals surface area (Å²) in [5.41, 5.74) is -1.11. The van der Waals surface area contributed by atoms with Gasteiger partial charge in [-0.2, -0.15) is 0 Å². The molecule has 0 spiro atoms. The Bertz CT molecular complexity index is 439. The molecule has 2 N–H and O–H groups in total. The van der Waals surface area contributed by atoms with E-state index in [1.165, 1.54) is 20.0 Å². The molecular weight excluding hydrogens is 244 g/mol. The number of halogens is 2. The molecule has 0 radical (unpaired) electrons. The first-order valence-electron chi connectivity index (χ1n) is 5.39. The summed E-state index contributed by atoms with van der Waals surface area (Å²) in [5.74, 6) is -2.79. The third kappa shape index (κ3) is 3.40. The van der Waals surface area contributed by atoms with Gasteiger partial charge in [0.05, 0.1) is 6.61 Å². The Hall–Kier alpha value is -1.69. The molecule has 0 saturated carbocycles. The molecule has 0 heterocycles. The van der Waals surface area contributed by atoms with Crippen molar-refractivity contribution in [1.82, 2.24) is 5.32 Å². The summed E-state index contributed by atoms with van der Waals surface area (Å²) in [6.45, 7) is 1.60. The number of ether oxygens (including phenoxy) is 1. The van der Waals surface area contributed by atoms with Gasteiger partial charge >= 0.3 is 5.97 Å². The molecular formula is C12H15F2NO3. The fourth-order valence-corrected chi connectivity index (χ4v) is 1.28. The van der Waals surface area contributed by atoms with Crippen molar-refractivity contribution in [2.24, 2.45) is 0 Å². The quantitative estimate of drug-likeness (QED) is 0.817. The molecule has 6 heteroatoms. The lowest BCUT2D eigenvalue weighted by molar-refractivity contribution is -0.144. The summed E-state index contributed by atoms with van der Waals surface area (Å²) < 4.78 is 30.7. The van der Waals surface area contributed by atoms with Gasteiger partial charge in [0.2, 0.25) is 0 Å². The Balaban J connectivity index is 2.56. The van der Waals surface area contributed by atoms with Crippen molar-refractivity contribution < 1.29 is 23.4 Å². The number of carboxylic acids is 1. The van der Waals surface area contributed by atoms with Crippen LogP contribution >= 0.6 is 0 Å². The Kier molecular flexibility index (Phi) is 4.61. The number of nitrogens with one attached hydrogen (secondary N) is 1. The third-order valence-electron chi connectivity index (χ3n) is 2.79. The van der Waals surface area contributed by atoms with Crippen molar-refractivity contribution in [3.05, 3.63) is 29.8 Å². The lowest BCUT2D eigenvalue weighted by atomic mass is 9.99. The molecule has 0 aliphatic heterocycles. The first-order valence-corrected chi connectivity index (χ1v) is 5.39. The van der Waals surface area contributed by atoms with E-state index in [1.54, 1.807) is 0 Å². The predicted molar refractivity (Wildman–Crippen MR) is 61.6 cm³/mol. The van der Waals surface area contributed by atoms with Gasteiger partial charge in [-0.05, 0) is 26.1 Å². The predicted octanol–water partition coefficient (Wildman–Crippen LogP) is 1.80. The third-order valence-corrected chi connectivity index (χ3v) is 2.79. The molecule has 1 atom stereocenters. The zero-order valence-corrected chi connectivity index (χ0v) is 10.2. The largest absolute Gasteiger partial charge is 0.493 e. The number of hydrogen-bond acceptors (Lipinski definition) is 3. The van der Waals surface area contributed by atoms with Crippen LogP contribution in [-0.4, -0.2) is 30.3 Å². The Morgan fingerprint density at radius 3 is 2.61 bits per heavy atom. The second kappa shape index (κ2) is 5.77. The van der Waals surface area contributed by atoms with E-state index in [1.807, 2.05) is 0 Å². The Morgan fingerprint density at radius 2 is 2.11 bits per heavy atom. The van der Waals surface area contributed by atoms with Crippen LogP contribution in [0.25, 0.3) is 0 Å². The van der Waals surface area contributed by atoms with E-state index in [4.69, 9.17) is 9.84 Å². The summed E-state index contributed by atoms with van der Waals surface area (Å²) in [4.78, 5) is 11.0. The molecule has 1 aromatic rings. The van der Waals surface area contributed by atoms with Crippen molar-refractivity contribution in [1.29, 1.82) is 0 Å². The zero-order chi connectivity index (χ0) is 13.8. The standard InChI is InChI=1S/C12H15F2NO3/c1-12(15-2,11(16)17)5-6-18-8-3-4-9(13)10(14)7-8/h3-4,7,15H,5-6H2,1-2H3,(H,16,17). The van der Waals surface area contributed by atoms with Crippen LogP contribution in [-0.2, 0) is 4.79 Å². The first-order chi connectivity index (χ1) is 8.39. The molecule has 0 bridgehead atoms. The minimum Gasteiger partial charge on any atom is -0.493 e. The second-order valence-electron chi connectivity index (χ2n) is 4.06. The topological polar surface area (TPSA) is 58.6 Å². The Morgan fingerprint density at radius 1 is 1.44 bits per heavy atom. The molecule has 0 saturated heterocycles. The number of carbonyl (C=O) groups is 1. The van der Waals surface area contributed by atoms with Gasteiger partial charge < -0.3 is 15.2 Å². The van der Waals surface area contributed by atoms with Gasteiger partial charge in [0.15, 0.2) is 11.6 Å². The van der Waals surface area contributed by atoms with Crippen LogP contribution in [0.4, 0.5) is 8.78 Å². The van der Waals surface area contributed by atoms with Gasteiger partial charge in [-0.25, -0.2) is 8.78 Å². The smallest absolute Gasteiger partial charge is 0.323 e. The van der Waals surface area contributed by atoms with Gasteiger partial charge in [0.1, 0.15) is 11.3 Å². The number of likely N-dealkylation sites (N-methyl/N-ethyl adjacent to an activating group) is 1. The number of rotatable bonds is 6. The van der Waals surface area contributed by atoms with E-state index in [-0.39, 0.29) is 18.8 Å². The summed E-state index contributed by atoms with van der Waals surface area (Å²) >= 11 is 0. The highest BCUT2D eigenvalue weighted by molar-refractivity contribution is 5.78. The first kappa shape index (κ1) is 14.4. The maximum Gasteiger partial charge on any atom is 0.323 e. The summed E-state index contributed by atoms with van der Waals surface area (Å²) in [6, 6.07) is 3.17. The summed E-state index contributed by atoms with van der Waals surface area (Å²) in [6.07, 6.45) is 0.192. The van der Waals surface area contributed by atoms with E-state index in [9.17, 15) is 13.6 Å². The molecule has 4 nitrogen and oxygen atoms in total. The SMILES string of the molecule is CNC(C)(CCOc1ccc(F)c(F)c1)C(=O)O. The highest BCUT2D eigenvalue weighted by Gasteiger charge is 2.30. The molecule has 0 amide bonds. The molecule has 0 fully saturated rings. The summed E-state index contributed by atoms with van der Waals surface area (Å²) in [7, 11) is 1.53. The molecule has 0 aromatic heterocycles.